The minimum absolute atomic E-state index is 0.0741. The molecule has 0 N–H and O–H groups in total. The van der Waals surface area contributed by atoms with Gasteiger partial charge in [-0.15, -0.1) is 0 Å². The second-order valence-electron chi connectivity index (χ2n) is 4.65. The number of hydrogen-bond acceptors (Lipinski definition) is 2. The lowest BCUT2D eigenvalue weighted by molar-refractivity contribution is -0.143. The van der Waals surface area contributed by atoms with E-state index in [-0.39, 0.29) is 22.9 Å². The smallest absolute Gasteiger partial charge is 0.236 e. The van der Waals surface area contributed by atoms with E-state index >= 15 is 0 Å². The van der Waals surface area contributed by atoms with Gasteiger partial charge in [-0.3, -0.25) is 4.79 Å². The van der Waals surface area contributed by atoms with E-state index in [1.807, 2.05) is 32.6 Å². The maximum Gasteiger partial charge on any atom is 0.236 e. The van der Waals surface area contributed by atoms with E-state index in [9.17, 15) is 4.79 Å². The highest BCUT2D eigenvalue weighted by Crippen LogP contribution is 2.18. The highest BCUT2D eigenvalue weighted by molar-refractivity contribution is 9.10. The van der Waals surface area contributed by atoms with E-state index in [2.05, 4.69) is 15.9 Å². The molecule has 1 amide bonds. The molecule has 1 unspecified atom stereocenters. The van der Waals surface area contributed by atoms with E-state index < -0.39 is 0 Å². The lowest BCUT2D eigenvalue weighted by Gasteiger charge is -2.36. The summed E-state index contributed by atoms with van der Waals surface area (Å²) < 4.78 is 5.60. The Morgan fingerprint density at radius 1 is 1.33 bits per heavy atom. The first kappa shape index (κ1) is 13.0. The molecule has 15 heavy (non-hydrogen) atoms. The first-order chi connectivity index (χ1) is 6.91. The molecular formula is C11H20BrNO2. The van der Waals surface area contributed by atoms with Gasteiger partial charge in [0, 0.05) is 13.1 Å². The Bertz CT molecular complexity index is 223. The van der Waals surface area contributed by atoms with Crippen LogP contribution in [0.2, 0.25) is 0 Å². The number of alkyl halides is 1. The SMILES string of the molecule is CC(C)C(Br)C(=O)N1C[C@@H](C)O[C@@H](C)C1. The Hall–Kier alpha value is -0.0900. The van der Waals surface area contributed by atoms with Gasteiger partial charge in [-0.2, -0.15) is 0 Å². The zero-order valence-electron chi connectivity index (χ0n) is 9.87. The van der Waals surface area contributed by atoms with Crippen LogP contribution in [-0.4, -0.2) is 40.9 Å². The van der Waals surface area contributed by atoms with Crippen molar-refractivity contribution in [2.45, 2.75) is 44.7 Å². The Morgan fingerprint density at radius 3 is 2.20 bits per heavy atom. The third-order valence-corrected chi connectivity index (χ3v) is 4.00. The minimum atomic E-state index is -0.0741. The van der Waals surface area contributed by atoms with Crippen LogP contribution in [0, 0.1) is 5.92 Å². The van der Waals surface area contributed by atoms with E-state index in [0.717, 1.165) is 0 Å². The lowest BCUT2D eigenvalue weighted by Crippen LogP contribution is -2.51. The van der Waals surface area contributed by atoms with E-state index in [1.165, 1.54) is 0 Å². The molecule has 1 saturated heterocycles. The molecule has 1 fully saturated rings. The first-order valence-electron chi connectivity index (χ1n) is 5.50. The fourth-order valence-electron chi connectivity index (χ4n) is 1.82. The predicted molar refractivity (Wildman–Crippen MR) is 64.1 cm³/mol. The zero-order valence-corrected chi connectivity index (χ0v) is 11.5. The predicted octanol–water partition coefficient (Wildman–Crippen LogP) is 2.04. The maximum atomic E-state index is 12.1. The topological polar surface area (TPSA) is 29.5 Å². The molecule has 0 bridgehead atoms. The number of carbonyl (C=O) groups is 1. The van der Waals surface area contributed by atoms with Crippen molar-refractivity contribution in [2.24, 2.45) is 5.92 Å². The van der Waals surface area contributed by atoms with Crippen LogP contribution in [0.1, 0.15) is 27.7 Å². The standard InChI is InChI=1S/C11H20BrNO2/c1-7(2)10(12)11(14)13-5-8(3)15-9(4)6-13/h7-10H,5-6H2,1-4H3/t8-,9+,10?. The van der Waals surface area contributed by atoms with Crippen molar-refractivity contribution >= 4 is 21.8 Å². The van der Waals surface area contributed by atoms with Crippen molar-refractivity contribution in [3.05, 3.63) is 0 Å². The number of hydrogen-bond donors (Lipinski definition) is 0. The van der Waals surface area contributed by atoms with Gasteiger partial charge in [0.2, 0.25) is 5.91 Å². The molecule has 1 rings (SSSR count). The number of amides is 1. The first-order valence-corrected chi connectivity index (χ1v) is 6.41. The van der Waals surface area contributed by atoms with Crippen LogP contribution < -0.4 is 0 Å². The molecule has 1 aliphatic rings. The molecule has 88 valence electrons. The fourth-order valence-corrected chi connectivity index (χ4v) is 2.11. The molecule has 0 aromatic heterocycles. The number of ether oxygens (including phenoxy) is 1. The van der Waals surface area contributed by atoms with E-state index in [0.29, 0.717) is 19.0 Å². The van der Waals surface area contributed by atoms with Gasteiger partial charge in [0.1, 0.15) is 0 Å². The zero-order chi connectivity index (χ0) is 11.6. The highest BCUT2D eigenvalue weighted by Gasteiger charge is 2.30. The van der Waals surface area contributed by atoms with Gasteiger partial charge in [0.05, 0.1) is 17.0 Å². The van der Waals surface area contributed by atoms with Crippen molar-refractivity contribution in [1.29, 1.82) is 0 Å². The summed E-state index contributed by atoms with van der Waals surface area (Å²) in [4.78, 5) is 13.9. The number of nitrogens with zero attached hydrogens (tertiary/aromatic N) is 1. The molecule has 0 aromatic rings. The van der Waals surface area contributed by atoms with Gasteiger partial charge in [-0.05, 0) is 19.8 Å². The van der Waals surface area contributed by atoms with Crippen LogP contribution >= 0.6 is 15.9 Å². The molecule has 0 aromatic carbocycles. The Balaban J connectivity index is 2.59. The second kappa shape index (κ2) is 5.30. The summed E-state index contributed by atoms with van der Waals surface area (Å²) in [6.45, 7) is 9.52. The van der Waals surface area contributed by atoms with Crippen LogP contribution in [-0.2, 0) is 9.53 Å². The van der Waals surface area contributed by atoms with Crippen molar-refractivity contribution < 1.29 is 9.53 Å². The third-order valence-electron chi connectivity index (χ3n) is 2.55. The molecule has 3 atom stereocenters. The molecule has 4 heteroatoms. The lowest BCUT2D eigenvalue weighted by atomic mass is 10.1. The van der Waals surface area contributed by atoms with Gasteiger partial charge in [0.25, 0.3) is 0 Å². The summed E-state index contributed by atoms with van der Waals surface area (Å²) in [5, 5.41) is 0. The Labute approximate surface area is 100 Å². The minimum Gasteiger partial charge on any atom is -0.372 e. The van der Waals surface area contributed by atoms with Gasteiger partial charge in [0.15, 0.2) is 0 Å². The van der Waals surface area contributed by atoms with Crippen LogP contribution in [0.4, 0.5) is 0 Å². The van der Waals surface area contributed by atoms with Crippen LogP contribution in [0.5, 0.6) is 0 Å². The van der Waals surface area contributed by atoms with Crippen molar-refractivity contribution in [3.8, 4) is 0 Å². The molecule has 3 nitrogen and oxygen atoms in total. The van der Waals surface area contributed by atoms with Gasteiger partial charge >= 0.3 is 0 Å². The summed E-state index contributed by atoms with van der Waals surface area (Å²) in [6, 6.07) is 0. The van der Waals surface area contributed by atoms with Gasteiger partial charge in [-0.25, -0.2) is 0 Å². The molecule has 1 heterocycles. The molecule has 1 aliphatic heterocycles. The number of carbonyl (C=O) groups excluding carboxylic acids is 1. The molecule has 0 spiro atoms. The molecule has 0 aliphatic carbocycles. The molecule has 0 radical (unpaired) electrons. The van der Waals surface area contributed by atoms with Gasteiger partial charge in [-0.1, -0.05) is 29.8 Å². The number of morpholine rings is 1. The average molecular weight is 278 g/mol. The number of halogens is 1. The largest absolute Gasteiger partial charge is 0.372 e. The van der Waals surface area contributed by atoms with Crippen LogP contribution in [0.15, 0.2) is 0 Å². The number of rotatable bonds is 2. The van der Waals surface area contributed by atoms with E-state index in [4.69, 9.17) is 4.74 Å². The van der Waals surface area contributed by atoms with E-state index in [1.54, 1.807) is 0 Å². The second-order valence-corrected chi connectivity index (χ2v) is 5.63. The van der Waals surface area contributed by atoms with Crippen LogP contribution in [0.3, 0.4) is 0 Å². The maximum absolute atomic E-state index is 12.1. The highest BCUT2D eigenvalue weighted by atomic mass is 79.9. The van der Waals surface area contributed by atoms with Crippen molar-refractivity contribution in [1.82, 2.24) is 4.90 Å². The quantitative estimate of drug-likeness (QED) is 0.723. The summed E-state index contributed by atoms with van der Waals surface area (Å²) in [5.41, 5.74) is 0. The summed E-state index contributed by atoms with van der Waals surface area (Å²) in [7, 11) is 0. The monoisotopic (exact) mass is 277 g/mol. The Morgan fingerprint density at radius 2 is 1.80 bits per heavy atom. The Kier molecular flexibility index (Phi) is 4.59. The van der Waals surface area contributed by atoms with Crippen molar-refractivity contribution in [3.63, 3.8) is 0 Å². The van der Waals surface area contributed by atoms with Crippen molar-refractivity contribution in [2.75, 3.05) is 13.1 Å². The third kappa shape index (κ3) is 3.45. The summed E-state index contributed by atoms with van der Waals surface area (Å²) in [6.07, 6.45) is 0.286. The average Bonchev–Trinajstić information content (AvgIpc) is 2.13. The molecular weight excluding hydrogens is 258 g/mol. The molecule has 0 saturated carbocycles. The summed E-state index contributed by atoms with van der Waals surface area (Å²) in [5.74, 6) is 0.512. The summed E-state index contributed by atoms with van der Waals surface area (Å²) >= 11 is 3.45. The fraction of sp³-hybridized carbons (Fsp3) is 0.909. The normalized spacial score (nSPS) is 29.3. The van der Waals surface area contributed by atoms with Gasteiger partial charge < -0.3 is 9.64 Å². The van der Waals surface area contributed by atoms with Crippen LogP contribution in [0.25, 0.3) is 0 Å².